The largest absolute Gasteiger partial charge is 0.497 e. The Balaban J connectivity index is 1.48. The number of ketones is 1. The van der Waals surface area contributed by atoms with Crippen molar-refractivity contribution in [2.45, 2.75) is 31.6 Å². The van der Waals surface area contributed by atoms with E-state index in [1.807, 2.05) is 41.9 Å². The summed E-state index contributed by atoms with van der Waals surface area (Å²) in [5.74, 6) is 1.35. The van der Waals surface area contributed by atoms with Gasteiger partial charge in [0.2, 0.25) is 0 Å². The first-order chi connectivity index (χ1) is 18.4. The van der Waals surface area contributed by atoms with Crippen LogP contribution in [0.1, 0.15) is 42.7 Å². The van der Waals surface area contributed by atoms with Crippen LogP contribution in [0, 0.1) is 0 Å². The topological polar surface area (TPSA) is 85.9 Å². The van der Waals surface area contributed by atoms with Crippen LogP contribution in [-0.4, -0.2) is 33.0 Å². The van der Waals surface area contributed by atoms with Gasteiger partial charge in [0.05, 0.1) is 21.3 Å². The van der Waals surface area contributed by atoms with E-state index in [9.17, 15) is 9.59 Å². The number of amides is 1. The van der Waals surface area contributed by atoms with Crippen LogP contribution in [0.5, 0.6) is 17.2 Å². The molecule has 2 aliphatic rings. The van der Waals surface area contributed by atoms with Crippen molar-refractivity contribution in [1.82, 2.24) is 5.32 Å². The third-order valence-electron chi connectivity index (χ3n) is 7.18. The number of thiophene rings is 1. The molecule has 1 aromatic heterocycles. The van der Waals surface area contributed by atoms with Gasteiger partial charge in [-0.15, -0.1) is 0 Å². The number of rotatable bonds is 7. The molecule has 0 radical (unpaired) electrons. The number of benzene rings is 2. The quantitative estimate of drug-likeness (QED) is 0.403. The van der Waals surface area contributed by atoms with Crippen LogP contribution >= 0.6 is 11.3 Å². The van der Waals surface area contributed by atoms with Gasteiger partial charge >= 0.3 is 0 Å². The maximum Gasteiger partial charge on any atom is 0.254 e. The van der Waals surface area contributed by atoms with E-state index in [4.69, 9.17) is 14.2 Å². The highest BCUT2D eigenvalue weighted by Crippen LogP contribution is 2.46. The van der Waals surface area contributed by atoms with E-state index in [0.717, 1.165) is 22.5 Å². The third kappa shape index (κ3) is 4.79. The molecule has 0 bridgehead atoms. The van der Waals surface area contributed by atoms with Crippen molar-refractivity contribution < 1.29 is 23.8 Å². The van der Waals surface area contributed by atoms with E-state index in [2.05, 4.69) is 10.6 Å². The second kappa shape index (κ2) is 10.8. The van der Waals surface area contributed by atoms with Crippen LogP contribution in [0.3, 0.4) is 0 Å². The average Bonchev–Trinajstić information content (AvgIpc) is 3.47. The van der Waals surface area contributed by atoms with Crippen molar-refractivity contribution in [3.8, 4) is 17.2 Å². The van der Waals surface area contributed by atoms with Gasteiger partial charge in [0.25, 0.3) is 5.91 Å². The first kappa shape index (κ1) is 25.6. The molecule has 1 amide bonds. The van der Waals surface area contributed by atoms with Crippen molar-refractivity contribution in [2.24, 2.45) is 0 Å². The molecular formula is C30H30N2O5S. The first-order valence-corrected chi connectivity index (χ1v) is 13.3. The number of Topliss-reactive ketones (excluding diaryl/α,β-unsaturated/α-hetero) is 1. The number of carbonyl (C=O) groups excluding carboxylic acids is 2. The lowest BCUT2D eigenvalue weighted by atomic mass is 9.72. The fourth-order valence-electron chi connectivity index (χ4n) is 5.33. The molecule has 7 nitrogen and oxygen atoms in total. The van der Waals surface area contributed by atoms with E-state index in [1.165, 1.54) is 0 Å². The summed E-state index contributed by atoms with van der Waals surface area (Å²) in [5.41, 5.74) is 5.45. The van der Waals surface area contributed by atoms with Crippen LogP contribution in [0.15, 0.2) is 81.8 Å². The Kier molecular flexibility index (Phi) is 7.24. The van der Waals surface area contributed by atoms with Gasteiger partial charge in [-0.25, -0.2) is 0 Å². The summed E-state index contributed by atoms with van der Waals surface area (Å²) < 4.78 is 16.1. The normalized spacial score (nSPS) is 19.0. The lowest BCUT2D eigenvalue weighted by Gasteiger charge is -2.36. The van der Waals surface area contributed by atoms with Crippen LogP contribution < -0.4 is 24.8 Å². The Bertz CT molecular complexity index is 1420. The van der Waals surface area contributed by atoms with Crippen LogP contribution in [-0.2, 0) is 9.59 Å². The average molecular weight is 531 g/mol. The van der Waals surface area contributed by atoms with E-state index in [-0.39, 0.29) is 17.6 Å². The molecule has 1 aliphatic heterocycles. The molecule has 1 aliphatic carbocycles. The number of ether oxygens (including phenoxy) is 3. The van der Waals surface area contributed by atoms with Crippen LogP contribution in [0.4, 0.5) is 5.69 Å². The second-order valence-corrected chi connectivity index (χ2v) is 10.2. The Labute approximate surface area is 226 Å². The number of allylic oxidation sites excluding steroid dienone is 3. The highest BCUT2D eigenvalue weighted by molar-refractivity contribution is 7.08. The summed E-state index contributed by atoms with van der Waals surface area (Å²) in [7, 11) is 4.81. The summed E-state index contributed by atoms with van der Waals surface area (Å²) >= 11 is 1.55. The van der Waals surface area contributed by atoms with Gasteiger partial charge in [-0.05, 0) is 83.6 Å². The lowest BCUT2D eigenvalue weighted by Crippen LogP contribution is -2.36. The zero-order valence-electron chi connectivity index (χ0n) is 21.8. The third-order valence-corrected chi connectivity index (χ3v) is 7.88. The van der Waals surface area contributed by atoms with Crippen molar-refractivity contribution in [1.29, 1.82) is 0 Å². The Hall–Kier alpha value is -4.04. The Morgan fingerprint density at radius 1 is 0.947 bits per heavy atom. The Morgan fingerprint density at radius 3 is 2.37 bits per heavy atom. The monoisotopic (exact) mass is 530 g/mol. The highest BCUT2D eigenvalue weighted by atomic mass is 32.1. The molecular weight excluding hydrogens is 500 g/mol. The molecule has 2 heterocycles. The summed E-state index contributed by atoms with van der Waals surface area (Å²) in [5, 5.41) is 10.4. The van der Waals surface area contributed by atoms with Gasteiger partial charge in [0, 0.05) is 40.6 Å². The van der Waals surface area contributed by atoms with Crippen molar-refractivity contribution in [2.75, 3.05) is 26.6 Å². The molecule has 196 valence electrons. The molecule has 38 heavy (non-hydrogen) atoms. The number of anilines is 1. The smallest absolute Gasteiger partial charge is 0.254 e. The fourth-order valence-corrected chi connectivity index (χ4v) is 6.01. The molecule has 5 rings (SSSR count). The maximum absolute atomic E-state index is 13.8. The van der Waals surface area contributed by atoms with Gasteiger partial charge in [-0.1, -0.05) is 6.07 Å². The molecule has 0 spiro atoms. The van der Waals surface area contributed by atoms with E-state index < -0.39 is 5.92 Å². The number of dihydropyridines is 1. The standard InChI is InChI=1S/C30H30N2O5S/c1-17-27(30(34)32-21-6-8-22(35-2)9-7-21)28(19-11-12-38-16-19)29-23(31-17)13-20(14-24(29)33)18-5-10-25(36-3)26(15-18)37-4/h5-12,15-16,20,28,31H,13-14H2,1-4H3,(H,32,34)/t20-,28+/m0/s1. The van der Waals surface area contributed by atoms with Gasteiger partial charge < -0.3 is 24.8 Å². The van der Waals surface area contributed by atoms with Gasteiger partial charge in [0.15, 0.2) is 17.3 Å². The number of nitrogens with one attached hydrogen (secondary N) is 2. The predicted molar refractivity (Wildman–Crippen MR) is 148 cm³/mol. The SMILES string of the molecule is COc1ccc(NC(=O)C2=C(C)NC3=C(C(=O)C[C@@H](c4ccc(OC)c(OC)c4)C3)[C@@H]2c2ccsc2)cc1. The van der Waals surface area contributed by atoms with Gasteiger partial charge in [-0.3, -0.25) is 9.59 Å². The molecule has 0 saturated carbocycles. The molecule has 0 fully saturated rings. The van der Waals surface area contributed by atoms with Crippen LogP contribution in [0.2, 0.25) is 0 Å². The minimum atomic E-state index is -0.436. The first-order valence-electron chi connectivity index (χ1n) is 12.4. The van der Waals surface area contributed by atoms with E-state index in [0.29, 0.717) is 46.9 Å². The molecule has 0 unspecified atom stereocenters. The minimum absolute atomic E-state index is 0.0147. The van der Waals surface area contributed by atoms with Crippen LogP contribution in [0.25, 0.3) is 0 Å². The predicted octanol–water partition coefficient (Wildman–Crippen LogP) is 5.77. The molecule has 0 saturated heterocycles. The van der Waals surface area contributed by atoms with Gasteiger partial charge in [-0.2, -0.15) is 11.3 Å². The number of hydrogen-bond donors (Lipinski definition) is 2. The molecule has 8 heteroatoms. The number of carbonyl (C=O) groups is 2. The minimum Gasteiger partial charge on any atom is -0.497 e. The molecule has 2 N–H and O–H groups in total. The summed E-state index contributed by atoms with van der Waals surface area (Å²) in [6, 6.07) is 15.0. The fraction of sp³-hybridized carbons (Fsp3) is 0.267. The van der Waals surface area contributed by atoms with E-state index in [1.54, 1.807) is 56.9 Å². The highest BCUT2D eigenvalue weighted by Gasteiger charge is 2.41. The van der Waals surface area contributed by atoms with E-state index >= 15 is 0 Å². The van der Waals surface area contributed by atoms with Gasteiger partial charge in [0.1, 0.15) is 5.75 Å². The van der Waals surface area contributed by atoms with Crippen molar-refractivity contribution in [3.05, 3.63) is 93.0 Å². The van der Waals surface area contributed by atoms with Crippen molar-refractivity contribution in [3.63, 3.8) is 0 Å². The summed E-state index contributed by atoms with van der Waals surface area (Å²) in [6.45, 7) is 1.90. The number of methoxy groups -OCH3 is 3. The zero-order chi connectivity index (χ0) is 26.8. The summed E-state index contributed by atoms with van der Waals surface area (Å²) in [6.07, 6.45) is 1.00. The second-order valence-electron chi connectivity index (χ2n) is 9.37. The number of hydrogen-bond acceptors (Lipinski definition) is 7. The van der Waals surface area contributed by atoms with Crippen molar-refractivity contribution >= 4 is 28.7 Å². The molecule has 3 aromatic rings. The summed E-state index contributed by atoms with van der Waals surface area (Å²) in [4.78, 5) is 27.4. The Morgan fingerprint density at radius 2 is 1.71 bits per heavy atom. The lowest BCUT2D eigenvalue weighted by molar-refractivity contribution is -0.116. The molecule has 2 aromatic carbocycles. The zero-order valence-corrected chi connectivity index (χ0v) is 22.6. The maximum atomic E-state index is 13.8. The molecule has 2 atom stereocenters.